The van der Waals surface area contributed by atoms with E-state index in [9.17, 15) is 14.9 Å². The number of carbonyl (C=O) groups is 1. The topological polar surface area (TPSA) is 106 Å². The molecule has 0 aromatic carbocycles. The number of halogens is 1. The highest BCUT2D eigenvalue weighted by molar-refractivity contribution is 6.29. The molecule has 0 saturated carbocycles. The molecule has 0 aliphatic heterocycles. The van der Waals surface area contributed by atoms with E-state index in [0.717, 1.165) is 5.56 Å². The van der Waals surface area contributed by atoms with Crippen molar-refractivity contribution in [2.24, 2.45) is 0 Å². The van der Waals surface area contributed by atoms with Crippen LogP contribution in [0, 0.1) is 10.1 Å². The first kappa shape index (κ1) is 16.7. The van der Waals surface area contributed by atoms with Crippen LogP contribution in [-0.2, 0) is 16.1 Å². The van der Waals surface area contributed by atoms with Gasteiger partial charge >= 0.3 is 11.7 Å². The first-order valence-corrected chi connectivity index (χ1v) is 6.45. The molecule has 0 fully saturated rings. The van der Waals surface area contributed by atoms with E-state index in [1.54, 1.807) is 19.1 Å². The Morgan fingerprint density at radius 1 is 1.52 bits per heavy atom. The lowest BCUT2D eigenvalue weighted by molar-refractivity contribution is -0.423. The molecule has 0 atom stereocenters. The van der Waals surface area contributed by atoms with Crippen LogP contribution in [0.3, 0.4) is 0 Å². The molecule has 0 aliphatic rings. The van der Waals surface area contributed by atoms with Crippen LogP contribution in [0.5, 0.6) is 0 Å². The molecule has 9 heteroatoms. The lowest BCUT2D eigenvalue weighted by Crippen LogP contribution is -2.31. The van der Waals surface area contributed by atoms with Gasteiger partial charge in [-0.2, -0.15) is 0 Å². The lowest BCUT2D eigenvalue weighted by Gasteiger charge is -2.10. The summed E-state index contributed by atoms with van der Waals surface area (Å²) in [5.74, 6) is -1.04. The number of rotatable bonds is 7. The third kappa shape index (κ3) is 4.92. The Hall–Kier alpha value is -2.35. The van der Waals surface area contributed by atoms with Gasteiger partial charge in [0.15, 0.2) is 5.82 Å². The van der Waals surface area contributed by atoms with Gasteiger partial charge < -0.3 is 15.4 Å². The Morgan fingerprint density at radius 2 is 2.24 bits per heavy atom. The summed E-state index contributed by atoms with van der Waals surface area (Å²) < 4.78 is 4.67. The van der Waals surface area contributed by atoms with Crippen molar-refractivity contribution in [3.8, 4) is 0 Å². The van der Waals surface area contributed by atoms with Crippen molar-refractivity contribution >= 4 is 17.6 Å². The highest BCUT2D eigenvalue weighted by Crippen LogP contribution is 2.07. The highest BCUT2D eigenvalue weighted by atomic mass is 35.5. The predicted octanol–water partition coefficient (Wildman–Crippen LogP) is 1.05. The molecule has 8 nitrogen and oxygen atoms in total. The fourth-order valence-corrected chi connectivity index (χ4v) is 1.57. The fraction of sp³-hybridized carbons (Fsp3) is 0.333. The number of hydrogen-bond acceptors (Lipinski definition) is 7. The van der Waals surface area contributed by atoms with Crippen molar-refractivity contribution in [3.05, 3.63) is 50.7 Å². The molecule has 0 amide bonds. The van der Waals surface area contributed by atoms with Crippen molar-refractivity contribution in [1.82, 2.24) is 15.6 Å². The van der Waals surface area contributed by atoms with E-state index in [0.29, 0.717) is 5.15 Å². The standard InChI is InChI=1S/C12H15ClN4O4/c1-3-21-12(18)10(17(19)20)11(14-2)16-7-8-4-5-9(13)15-6-8/h4-6,14,16H,3,7H2,1-2H3. The minimum absolute atomic E-state index is 0.0339. The van der Waals surface area contributed by atoms with Crippen molar-refractivity contribution in [3.63, 3.8) is 0 Å². The van der Waals surface area contributed by atoms with Crippen LogP contribution in [0.15, 0.2) is 29.8 Å². The van der Waals surface area contributed by atoms with Crippen LogP contribution in [0.25, 0.3) is 0 Å². The number of nitrogens with zero attached hydrogens (tertiary/aromatic N) is 2. The van der Waals surface area contributed by atoms with Crippen LogP contribution in [0.4, 0.5) is 0 Å². The summed E-state index contributed by atoms with van der Waals surface area (Å²) in [5, 5.41) is 16.7. The molecule has 0 aliphatic carbocycles. The Kier molecular flexibility index (Phi) is 6.41. The van der Waals surface area contributed by atoms with Crippen molar-refractivity contribution in [2.45, 2.75) is 13.5 Å². The molecule has 0 bridgehead atoms. The molecule has 1 aromatic heterocycles. The van der Waals surface area contributed by atoms with Gasteiger partial charge in [0.05, 0.1) is 11.5 Å². The number of nitro groups is 1. The molecular formula is C12H15ClN4O4. The van der Waals surface area contributed by atoms with Crippen molar-refractivity contribution in [2.75, 3.05) is 13.7 Å². The minimum atomic E-state index is -1.01. The minimum Gasteiger partial charge on any atom is -0.458 e. The average Bonchev–Trinajstić information content (AvgIpc) is 2.44. The second kappa shape index (κ2) is 8.05. The van der Waals surface area contributed by atoms with Gasteiger partial charge in [0.1, 0.15) is 5.15 Å². The molecule has 1 aromatic rings. The molecular weight excluding hydrogens is 300 g/mol. The number of ether oxygens (including phenoxy) is 1. The van der Waals surface area contributed by atoms with Gasteiger partial charge in [-0.1, -0.05) is 17.7 Å². The maximum atomic E-state index is 11.6. The molecule has 0 unspecified atom stereocenters. The van der Waals surface area contributed by atoms with E-state index in [1.807, 2.05) is 0 Å². The van der Waals surface area contributed by atoms with Gasteiger partial charge in [-0.3, -0.25) is 10.1 Å². The monoisotopic (exact) mass is 314 g/mol. The summed E-state index contributed by atoms with van der Waals surface area (Å²) in [5.41, 5.74) is 0.0694. The summed E-state index contributed by atoms with van der Waals surface area (Å²) >= 11 is 5.67. The van der Waals surface area contributed by atoms with Crippen LogP contribution >= 0.6 is 11.6 Å². The molecule has 2 N–H and O–H groups in total. The van der Waals surface area contributed by atoms with Gasteiger partial charge in [0.2, 0.25) is 0 Å². The van der Waals surface area contributed by atoms with Crippen LogP contribution < -0.4 is 10.6 Å². The van der Waals surface area contributed by atoms with E-state index in [4.69, 9.17) is 11.6 Å². The van der Waals surface area contributed by atoms with Crippen molar-refractivity contribution < 1.29 is 14.5 Å². The van der Waals surface area contributed by atoms with Crippen LogP contribution in [0.2, 0.25) is 5.15 Å². The lowest BCUT2D eigenvalue weighted by atomic mass is 10.3. The fourth-order valence-electron chi connectivity index (χ4n) is 1.46. The maximum Gasteiger partial charge on any atom is 0.413 e. The van der Waals surface area contributed by atoms with Gasteiger partial charge in [0.25, 0.3) is 0 Å². The molecule has 21 heavy (non-hydrogen) atoms. The van der Waals surface area contributed by atoms with E-state index < -0.39 is 16.6 Å². The molecule has 0 spiro atoms. The largest absolute Gasteiger partial charge is 0.458 e. The smallest absolute Gasteiger partial charge is 0.413 e. The zero-order chi connectivity index (χ0) is 15.8. The summed E-state index contributed by atoms with van der Waals surface area (Å²) in [6, 6.07) is 3.31. The van der Waals surface area contributed by atoms with Crippen LogP contribution in [-0.4, -0.2) is 29.5 Å². The maximum absolute atomic E-state index is 11.6. The zero-order valence-electron chi connectivity index (χ0n) is 11.6. The van der Waals surface area contributed by atoms with E-state index in [1.165, 1.54) is 13.2 Å². The number of esters is 1. The van der Waals surface area contributed by atoms with Gasteiger partial charge in [-0.05, 0) is 18.6 Å². The molecule has 0 saturated heterocycles. The summed E-state index contributed by atoms with van der Waals surface area (Å²) in [4.78, 5) is 25.7. The van der Waals surface area contributed by atoms with Crippen molar-refractivity contribution in [1.29, 1.82) is 0 Å². The Balaban J connectivity index is 2.91. The van der Waals surface area contributed by atoms with Gasteiger partial charge in [-0.25, -0.2) is 9.78 Å². The quantitative estimate of drug-likeness (QED) is 0.255. The third-order valence-corrected chi connectivity index (χ3v) is 2.62. The number of hydrogen-bond donors (Lipinski definition) is 2. The first-order valence-electron chi connectivity index (χ1n) is 6.07. The number of aromatic nitrogens is 1. The summed E-state index contributed by atoms with van der Waals surface area (Å²) in [6.45, 7) is 1.85. The number of nitrogens with one attached hydrogen (secondary N) is 2. The zero-order valence-corrected chi connectivity index (χ0v) is 12.3. The molecule has 0 radical (unpaired) electrons. The summed E-state index contributed by atoms with van der Waals surface area (Å²) in [6.07, 6.45) is 1.53. The second-order valence-corrected chi connectivity index (χ2v) is 4.18. The highest BCUT2D eigenvalue weighted by Gasteiger charge is 2.29. The SMILES string of the molecule is CCOC(=O)C(=C(NC)NCc1ccc(Cl)nc1)[N+](=O)[O-]. The summed E-state index contributed by atoms with van der Waals surface area (Å²) in [7, 11) is 1.46. The first-order chi connectivity index (χ1) is 9.99. The molecule has 1 rings (SSSR count). The Bertz CT molecular complexity index is 545. The average molecular weight is 315 g/mol. The second-order valence-electron chi connectivity index (χ2n) is 3.79. The normalized spacial score (nSPS) is 11.4. The van der Waals surface area contributed by atoms with E-state index >= 15 is 0 Å². The Labute approximate surface area is 126 Å². The third-order valence-electron chi connectivity index (χ3n) is 2.40. The van der Waals surface area contributed by atoms with Crippen LogP contribution in [0.1, 0.15) is 12.5 Å². The Morgan fingerprint density at radius 3 is 2.71 bits per heavy atom. The van der Waals surface area contributed by atoms with Gasteiger partial charge in [0, 0.05) is 19.8 Å². The van der Waals surface area contributed by atoms with Gasteiger partial charge in [-0.15, -0.1) is 0 Å². The number of pyridine rings is 1. The molecule has 1 heterocycles. The molecule has 114 valence electrons. The van der Waals surface area contributed by atoms with E-state index in [-0.39, 0.29) is 19.0 Å². The number of carbonyl (C=O) groups excluding carboxylic acids is 1. The predicted molar refractivity (Wildman–Crippen MR) is 75.8 cm³/mol. The van der Waals surface area contributed by atoms with E-state index in [2.05, 4.69) is 20.4 Å².